The highest BCUT2D eigenvalue weighted by molar-refractivity contribution is 5.88. The Balaban J connectivity index is 1.64. The van der Waals surface area contributed by atoms with Crippen molar-refractivity contribution in [2.45, 2.75) is 6.54 Å². The fourth-order valence-electron chi connectivity index (χ4n) is 3.16. The summed E-state index contributed by atoms with van der Waals surface area (Å²) in [6.45, 7) is -0.324. The van der Waals surface area contributed by atoms with Gasteiger partial charge in [-0.3, -0.25) is 9.59 Å². The van der Waals surface area contributed by atoms with Crippen LogP contribution in [0.5, 0.6) is 0 Å². The lowest BCUT2D eigenvalue weighted by Crippen LogP contribution is -2.31. The maximum Gasteiger partial charge on any atom is 0.322 e. The van der Waals surface area contributed by atoms with Crippen LogP contribution in [0.1, 0.15) is 0 Å². The maximum absolute atomic E-state index is 12.0. The molecule has 2 aromatic heterocycles. The standard InChI is InChI=1S/C21H18N4O3/c26-19(24-12-20(27)28)13-25-9-6-14-4-5-16(11-18(14)25)15-2-1-3-17(10-15)21-22-7-8-23-21/h1-11H,12-13H2,(H,22,23)(H,24,26)(H,27,28). The Hall–Kier alpha value is -3.87. The predicted molar refractivity (Wildman–Crippen MR) is 106 cm³/mol. The van der Waals surface area contributed by atoms with Gasteiger partial charge in [-0.25, -0.2) is 4.98 Å². The third-order valence-electron chi connectivity index (χ3n) is 4.49. The summed E-state index contributed by atoms with van der Waals surface area (Å²) in [6.07, 6.45) is 5.33. The van der Waals surface area contributed by atoms with Gasteiger partial charge in [0.05, 0.1) is 0 Å². The van der Waals surface area contributed by atoms with Crippen molar-refractivity contribution in [3.63, 3.8) is 0 Å². The van der Waals surface area contributed by atoms with E-state index in [1.165, 1.54) is 0 Å². The summed E-state index contributed by atoms with van der Waals surface area (Å²) in [5, 5.41) is 12.1. The van der Waals surface area contributed by atoms with Gasteiger partial charge in [0.2, 0.25) is 5.91 Å². The van der Waals surface area contributed by atoms with Crippen LogP contribution in [0, 0.1) is 0 Å². The summed E-state index contributed by atoms with van der Waals surface area (Å²) in [6, 6.07) is 16.1. The SMILES string of the molecule is O=C(O)CNC(=O)Cn1ccc2ccc(-c3cccc(-c4ncc[nH]4)c3)cc21. The molecule has 7 heteroatoms. The molecule has 3 N–H and O–H groups in total. The second-order valence-corrected chi connectivity index (χ2v) is 6.41. The van der Waals surface area contributed by atoms with Gasteiger partial charge in [0.15, 0.2) is 0 Å². The summed E-state index contributed by atoms with van der Waals surface area (Å²) < 4.78 is 1.81. The van der Waals surface area contributed by atoms with E-state index in [0.29, 0.717) is 0 Å². The van der Waals surface area contributed by atoms with E-state index in [4.69, 9.17) is 5.11 Å². The zero-order chi connectivity index (χ0) is 19.5. The van der Waals surface area contributed by atoms with E-state index in [1.54, 1.807) is 12.4 Å². The molecule has 0 atom stereocenters. The van der Waals surface area contributed by atoms with Crippen LogP contribution in [-0.4, -0.2) is 38.1 Å². The highest BCUT2D eigenvalue weighted by Crippen LogP contribution is 2.28. The molecule has 2 heterocycles. The minimum absolute atomic E-state index is 0.0622. The Labute approximate surface area is 160 Å². The molecule has 7 nitrogen and oxygen atoms in total. The quantitative estimate of drug-likeness (QED) is 0.483. The smallest absolute Gasteiger partial charge is 0.322 e. The lowest BCUT2D eigenvalue weighted by Gasteiger charge is -2.08. The van der Waals surface area contributed by atoms with Crippen LogP contribution < -0.4 is 5.32 Å². The maximum atomic E-state index is 12.0. The van der Waals surface area contributed by atoms with E-state index < -0.39 is 5.97 Å². The predicted octanol–water partition coefficient (Wildman–Crippen LogP) is 2.90. The average molecular weight is 374 g/mol. The van der Waals surface area contributed by atoms with Crippen molar-refractivity contribution in [1.82, 2.24) is 19.9 Å². The molecule has 0 bridgehead atoms. The normalized spacial score (nSPS) is 10.9. The fraction of sp³-hybridized carbons (Fsp3) is 0.0952. The molecular weight excluding hydrogens is 356 g/mol. The zero-order valence-corrected chi connectivity index (χ0v) is 14.9. The number of aromatic nitrogens is 3. The van der Waals surface area contributed by atoms with Gasteiger partial charge in [-0.05, 0) is 34.7 Å². The number of carbonyl (C=O) groups excluding carboxylic acids is 1. The minimum atomic E-state index is -1.07. The number of amides is 1. The number of benzene rings is 2. The molecular formula is C21H18N4O3. The molecule has 28 heavy (non-hydrogen) atoms. The van der Waals surface area contributed by atoms with Gasteiger partial charge in [-0.15, -0.1) is 0 Å². The minimum Gasteiger partial charge on any atom is -0.480 e. The number of carbonyl (C=O) groups is 2. The Bertz CT molecular complexity index is 1150. The van der Waals surface area contributed by atoms with Gasteiger partial charge >= 0.3 is 5.97 Å². The highest BCUT2D eigenvalue weighted by atomic mass is 16.4. The molecule has 140 valence electrons. The molecule has 0 aliphatic rings. The fourth-order valence-corrected chi connectivity index (χ4v) is 3.16. The number of hydrogen-bond acceptors (Lipinski definition) is 3. The number of hydrogen-bond donors (Lipinski definition) is 3. The van der Waals surface area contributed by atoms with Crippen molar-refractivity contribution in [2.24, 2.45) is 0 Å². The van der Waals surface area contributed by atoms with Crippen molar-refractivity contribution in [3.05, 3.63) is 67.1 Å². The lowest BCUT2D eigenvalue weighted by atomic mass is 10.0. The first-order chi connectivity index (χ1) is 13.6. The number of nitrogens with zero attached hydrogens (tertiary/aromatic N) is 2. The number of H-pyrrole nitrogens is 1. The van der Waals surface area contributed by atoms with Gasteiger partial charge < -0.3 is 20.0 Å². The van der Waals surface area contributed by atoms with E-state index in [-0.39, 0.29) is 19.0 Å². The number of aromatic amines is 1. The summed E-state index contributed by atoms with van der Waals surface area (Å²) in [4.78, 5) is 30.0. The summed E-state index contributed by atoms with van der Waals surface area (Å²) in [5.41, 5.74) is 3.96. The lowest BCUT2D eigenvalue weighted by molar-refractivity contribution is -0.138. The van der Waals surface area contributed by atoms with Gasteiger partial charge in [-0.1, -0.05) is 30.3 Å². The topological polar surface area (TPSA) is 100 Å². The number of rotatable bonds is 6. The largest absolute Gasteiger partial charge is 0.480 e. The van der Waals surface area contributed by atoms with Crippen molar-refractivity contribution in [3.8, 4) is 22.5 Å². The third-order valence-corrected chi connectivity index (χ3v) is 4.49. The first kappa shape index (κ1) is 17.5. The highest BCUT2D eigenvalue weighted by Gasteiger charge is 2.09. The Kier molecular flexibility index (Phi) is 4.63. The van der Waals surface area contributed by atoms with Crippen LogP contribution in [0.15, 0.2) is 67.1 Å². The molecule has 0 saturated heterocycles. The van der Waals surface area contributed by atoms with Crippen LogP contribution in [-0.2, 0) is 16.1 Å². The average Bonchev–Trinajstić information content (AvgIpc) is 3.37. The van der Waals surface area contributed by atoms with Crippen molar-refractivity contribution < 1.29 is 14.7 Å². The Morgan fingerprint density at radius 1 is 1.07 bits per heavy atom. The van der Waals surface area contributed by atoms with E-state index in [1.807, 2.05) is 53.2 Å². The van der Waals surface area contributed by atoms with Gasteiger partial charge in [0.25, 0.3) is 0 Å². The number of imidazole rings is 1. The second-order valence-electron chi connectivity index (χ2n) is 6.41. The first-order valence-corrected chi connectivity index (χ1v) is 8.78. The molecule has 0 spiro atoms. The number of carboxylic acid groups (broad SMARTS) is 1. The van der Waals surface area contributed by atoms with Crippen LogP contribution in [0.3, 0.4) is 0 Å². The van der Waals surface area contributed by atoms with E-state index in [9.17, 15) is 9.59 Å². The van der Waals surface area contributed by atoms with Gasteiger partial charge in [0.1, 0.15) is 18.9 Å². The zero-order valence-electron chi connectivity index (χ0n) is 14.9. The van der Waals surface area contributed by atoms with Crippen molar-refractivity contribution in [1.29, 1.82) is 0 Å². The Morgan fingerprint density at radius 2 is 1.89 bits per heavy atom. The van der Waals surface area contributed by atoms with Crippen LogP contribution in [0.2, 0.25) is 0 Å². The van der Waals surface area contributed by atoms with Gasteiger partial charge in [0, 0.05) is 29.7 Å². The summed E-state index contributed by atoms with van der Waals surface area (Å²) in [5.74, 6) is -0.601. The molecule has 0 saturated carbocycles. The number of aliphatic carboxylic acids is 1. The van der Waals surface area contributed by atoms with E-state index in [2.05, 4.69) is 21.4 Å². The monoisotopic (exact) mass is 374 g/mol. The van der Waals surface area contributed by atoms with Crippen LogP contribution in [0.25, 0.3) is 33.4 Å². The third kappa shape index (κ3) is 3.64. The van der Waals surface area contributed by atoms with Crippen LogP contribution >= 0.6 is 0 Å². The summed E-state index contributed by atoms with van der Waals surface area (Å²) in [7, 11) is 0. The molecule has 0 aliphatic heterocycles. The molecule has 4 aromatic rings. The number of fused-ring (bicyclic) bond motifs is 1. The molecule has 0 aliphatic carbocycles. The van der Waals surface area contributed by atoms with Gasteiger partial charge in [-0.2, -0.15) is 0 Å². The number of carboxylic acids is 1. The van der Waals surface area contributed by atoms with E-state index in [0.717, 1.165) is 33.4 Å². The van der Waals surface area contributed by atoms with Crippen molar-refractivity contribution >= 4 is 22.8 Å². The molecule has 0 unspecified atom stereocenters. The van der Waals surface area contributed by atoms with E-state index >= 15 is 0 Å². The Morgan fingerprint density at radius 3 is 2.68 bits per heavy atom. The van der Waals surface area contributed by atoms with Crippen molar-refractivity contribution in [2.75, 3.05) is 6.54 Å². The molecule has 2 aromatic carbocycles. The number of nitrogens with one attached hydrogen (secondary N) is 2. The molecule has 0 radical (unpaired) electrons. The first-order valence-electron chi connectivity index (χ1n) is 8.78. The molecule has 4 rings (SSSR count). The molecule has 0 fully saturated rings. The summed E-state index contributed by atoms with van der Waals surface area (Å²) >= 11 is 0. The second kappa shape index (κ2) is 7.40. The van der Waals surface area contributed by atoms with Crippen LogP contribution in [0.4, 0.5) is 0 Å². The molecule has 1 amide bonds.